The van der Waals surface area contributed by atoms with Gasteiger partial charge in [0.2, 0.25) is 5.91 Å². The normalized spacial score (nSPS) is 15.1. The first-order valence-electron chi connectivity index (χ1n) is 8.79. The minimum absolute atomic E-state index is 0.0314. The number of ether oxygens (including phenoxy) is 2. The Morgan fingerprint density at radius 2 is 1.70 bits per heavy atom. The van der Waals surface area contributed by atoms with Crippen molar-refractivity contribution < 1.29 is 14.3 Å². The van der Waals surface area contributed by atoms with E-state index in [4.69, 9.17) is 9.47 Å². The molecule has 1 saturated heterocycles. The number of methoxy groups -OCH3 is 2. The second-order valence-corrected chi connectivity index (χ2v) is 6.57. The molecule has 1 aromatic carbocycles. The van der Waals surface area contributed by atoms with Crippen LogP contribution < -0.4 is 20.7 Å². The fraction of sp³-hybridized carbons (Fsp3) is 0.500. The van der Waals surface area contributed by atoms with Gasteiger partial charge < -0.3 is 24.3 Å². The molecule has 0 radical (unpaired) electrons. The molecule has 3 rings (SSSR count). The highest BCUT2D eigenvalue weighted by molar-refractivity contribution is 5.81. The van der Waals surface area contributed by atoms with Crippen molar-refractivity contribution >= 4 is 16.8 Å². The van der Waals surface area contributed by atoms with Crippen LogP contribution in [0.15, 0.2) is 21.7 Å². The number of hydrogen-bond donors (Lipinski definition) is 1. The van der Waals surface area contributed by atoms with Crippen LogP contribution in [-0.2, 0) is 11.3 Å². The average molecular weight is 376 g/mol. The van der Waals surface area contributed by atoms with Gasteiger partial charge in [-0.1, -0.05) is 0 Å². The van der Waals surface area contributed by atoms with E-state index in [-0.39, 0.29) is 18.9 Å². The van der Waals surface area contributed by atoms with Crippen molar-refractivity contribution in [2.75, 3.05) is 47.4 Å². The van der Waals surface area contributed by atoms with Gasteiger partial charge in [0, 0.05) is 45.2 Å². The van der Waals surface area contributed by atoms with Crippen LogP contribution in [0.2, 0.25) is 0 Å². The van der Waals surface area contributed by atoms with Crippen molar-refractivity contribution in [1.29, 1.82) is 0 Å². The lowest BCUT2D eigenvalue weighted by atomic mass is 10.2. The van der Waals surface area contributed by atoms with Crippen LogP contribution in [0.1, 0.15) is 6.42 Å². The minimum atomic E-state index is -0.550. The SMILES string of the molecule is COc1cc2[nH]c(=O)n(CCC(=O)N3CCN(C)CC3)c(=O)c2cc1OC. The summed E-state index contributed by atoms with van der Waals surface area (Å²) in [7, 11) is 4.97. The molecule has 27 heavy (non-hydrogen) atoms. The Morgan fingerprint density at radius 3 is 2.33 bits per heavy atom. The Balaban J connectivity index is 1.85. The van der Waals surface area contributed by atoms with Gasteiger partial charge >= 0.3 is 5.69 Å². The number of carbonyl (C=O) groups is 1. The summed E-state index contributed by atoms with van der Waals surface area (Å²) in [5, 5.41) is 0.305. The van der Waals surface area contributed by atoms with E-state index in [1.54, 1.807) is 11.0 Å². The Labute approximate surface area is 156 Å². The van der Waals surface area contributed by atoms with E-state index in [0.29, 0.717) is 35.5 Å². The van der Waals surface area contributed by atoms with Gasteiger partial charge in [0.15, 0.2) is 11.5 Å². The lowest BCUT2D eigenvalue weighted by Gasteiger charge is -2.32. The number of carbonyl (C=O) groups excluding carboxylic acids is 1. The molecular formula is C18H24N4O5. The maximum Gasteiger partial charge on any atom is 0.328 e. The predicted molar refractivity (Wildman–Crippen MR) is 101 cm³/mol. The third-order valence-corrected chi connectivity index (χ3v) is 4.89. The Bertz CT molecular complexity index is 957. The molecule has 1 fully saturated rings. The second-order valence-electron chi connectivity index (χ2n) is 6.57. The predicted octanol–water partition coefficient (Wildman–Crippen LogP) is -0.129. The molecule has 1 aromatic heterocycles. The van der Waals surface area contributed by atoms with Gasteiger partial charge in [-0.05, 0) is 13.1 Å². The summed E-state index contributed by atoms with van der Waals surface area (Å²) in [4.78, 5) is 44.1. The van der Waals surface area contributed by atoms with Gasteiger partial charge in [-0.25, -0.2) is 4.79 Å². The third-order valence-electron chi connectivity index (χ3n) is 4.89. The molecule has 0 spiro atoms. The molecule has 1 N–H and O–H groups in total. The van der Waals surface area contributed by atoms with Gasteiger partial charge in [-0.2, -0.15) is 0 Å². The van der Waals surface area contributed by atoms with Gasteiger partial charge in [0.25, 0.3) is 5.56 Å². The van der Waals surface area contributed by atoms with E-state index < -0.39 is 11.2 Å². The highest BCUT2D eigenvalue weighted by Crippen LogP contribution is 2.29. The second kappa shape index (κ2) is 7.83. The van der Waals surface area contributed by atoms with Crippen molar-refractivity contribution in [1.82, 2.24) is 19.4 Å². The summed E-state index contributed by atoms with van der Waals surface area (Å²) in [6.45, 7) is 3.00. The number of aromatic amines is 1. The molecule has 9 nitrogen and oxygen atoms in total. The van der Waals surface area contributed by atoms with Crippen LogP contribution in [0, 0.1) is 0 Å². The van der Waals surface area contributed by atoms with Gasteiger partial charge in [0.1, 0.15) is 0 Å². The zero-order chi connectivity index (χ0) is 19.6. The molecule has 9 heteroatoms. The molecule has 0 atom stereocenters. The van der Waals surface area contributed by atoms with Crippen LogP contribution in [0.4, 0.5) is 0 Å². The molecule has 2 heterocycles. The highest BCUT2D eigenvalue weighted by Gasteiger charge is 2.20. The number of benzene rings is 1. The zero-order valence-corrected chi connectivity index (χ0v) is 15.8. The third kappa shape index (κ3) is 3.82. The average Bonchev–Trinajstić information content (AvgIpc) is 2.67. The number of H-pyrrole nitrogens is 1. The number of likely N-dealkylation sites (N-methyl/N-ethyl adjacent to an activating group) is 1. The number of hydrogen-bond acceptors (Lipinski definition) is 6. The molecule has 146 valence electrons. The molecule has 0 unspecified atom stereocenters. The minimum Gasteiger partial charge on any atom is -0.493 e. The molecular weight excluding hydrogens is 352 g/mol. The Kier molecular flexibility index (Phi) is 5.50. The van der Waals surface area contributed by atoms with Crippen LogP contribution in [-0.4, -0.2) is 72.7 Å². The monoisotopic (exact) mass is 376 g/mol. The first-order chi connectivity index (χ1) is 12.9. The molecule has 1 amide bonds. The van der Waals surface area contributed by atoms with Crippen molar-refractivity contribution in [3.8, 4) is 11.5 Å². The largest absolute Gasteiger partial charge is 0.493 e. The number of aromatic nitrogens is 2. The summed E-state index contributed by atoms with van der Waals surface area (Å²) in [6.07, 6.45) is 0.103. The molecule has 0 aliphatic carbocycles. The Hall–Kier alpha value is -2.81. The summed E-state index contributed by atoms with van der Waals surface area (Å²) in [5.74, 6) is 0.763. The first-order valence-corrected chi connectivity index (χ1v) is 8.79. The fourth-order valence-corrected chi connectivity index (χ4v) is 3.20. The van der Waals surface area contributed by atoms with Crippen LogP contribution in [0.3, 0.4) is 0 Å². The number of piperazine rings is 1. The van der Waals surface area contributed by atoms with Crippen LogP contribution in [0.5, 0.6) is 11.5 Å². The molecule has 2 aromatic rings. The van der Waals surface area contributed by atoms with Gasteiger partial charge in [-0.3, -0.25) is 14.2 Å². The lowest BCUT2D eigenvalue weighted by Crippen LogP contribution is -2.47. The van der Waals surface area contributed by atoms with E-state index >= 15 is 0 Å². The molecule has 1 aliphatic heterocycles. The standard InChI is InChI=1S/C18H24N4O5/c1-20-6-8-21(9-7-20)16(23)4-5-22-17(24)12-10-14(26-2)15(27-3)11-13(12)19-18(22)25/h10-11H,4-9H2,1-3H3,(H,19,25). The van der Waals surface area contributed by atoms with Crippen molar-refractivity contribution in [2.24, 2.45) is 0 Å². The molecule has 1 aliphatic rings. The first kappa shape index (κ1) is 19.0. The topological polar surface area (TPSA) is 96.9 Å². The van der Waals surface area contributed by atoms with Gasteiger partial charge in [-0.15, -0.1) is 0 Å². The zero-order valence-electron chi connectivity index (χ0n) is 15.8. The van der Waals surface area contributed by atoms with Crippen LogP contribution in [0.25, 0.3) is 10.9 Å². The Morgan fingerprint density at radius 1 is 1.07 bits per heavy atom. The summed E-state index contributed by atoms with van der Waals surface area (Å²) in [5.41, 5.74) is -0.643. The van der Waals surface area contributed by atoms with E-state index in [2.05, 4.69) is 9.88 Å². The number of nitrogens with one attached hydrogen (secondary N) is 1. The molecule has 0 bridgehead atoms. The lowest BCUT2D eigenvalue weighted by molar-refractivity contribution is -0.133. The smallest absolute Gasteiger partial charge is 0.328 e. The summed E-state index contributed by atoms with van der Waals surface area (Å²) < 4.78 is 11.5. The quantitative estimate of drug-likeness (QED) is 0.781. The number of rotatable bonds is 5. The van der Waals surface area contributed by atoms with Crippen LogP contribution >= 0.6 is 0 Å². The maximum atomic E-state index is 12.8. The number of fused-ring (bicyclic) bond motifs is 1. The number of nitrogens with zero attached hydrogens (tertiary/aromatic N) is 3. The summed E-state index contributed by atoms with van der Waals surface area (Å²) in [6, 6.07) is 3.09. The van der Waals surface area contributed by atoms with Crippen molar-refractivity contribution in [3.05, 3.63) is 33.0 Å². The number of amides is 1. The van der Waals surface area contributed by atoms with E-state index in [1.807, 2.05) is 7.05 Å². The maximum absolute atomic E-state index is 12.8. The van der Waals surface area contributed by atoms with Crippen molar-refractivity contribution in [3.63, 3.8) is 0 Å². The fourth-order valence-electron chi connectivity index (χ4n) is 3.20. The highest BCUT2D eigenvalue weighted by atomic mass is 16.5. The van der Waals surface area contributed by atoms with E-state index in [0.717, 1.165) is 17.7 Å². The summed E-state index contributed by atoms with van der Waals surface area (Å²) >= 11 is 0. The van der Waals surface area contributed by atoms with E-state index in [1.165, 1.54) is 20.3 Å². The van der Waals surface area contributed by atoms with Crippen molar-refractivity contribution in [2.45, 2.75) is 13.0 Å². The van der Waals surface area contributed by atoms with E-state index in [9.17, 15) is 14.4 Å². The van der Waals surface area contributed by atoms with Gasteiger partial charge in [0.05, 0.1) is 25.1 Å². The molecule has 0 saturated carbocycles.